The summed E-state index contributed by atoms with van der Waals surface area (Å²) in [5.41, 5.74) is -0.378. The van der Waals surface area contributed by atoms with Gasteiger partial charge >= 0.3 is 0 Å². The van der Waals surface area contributed by atoms with E-state index < -0.39 is 33.8 Å². The van der Waals surface area contributed by atoms with Crippen molar-refractivity contribution in [2.24, 2.45) is 16.7 Å². The minimum Gasteiger partial charge on any atom is -0.506 e. The Kier molecular flexibility index (Phi) is 7.26. The molecule has 5 heteroatoms. The van der Waals surface area contributed by atoms with Crippen LogP contribution < -0.4 is 0 Å². The van der Waals surface area contributed by atoms with E-state index in [0.29, 0.717) is 12.0 Å². The molecule has 1 aliphatic carbocycles. The largest absolute Gasteiger partial charge is 0.506 e. The Balaban J connectivity index is 2.04. The number of aliphatic hydroxyl groups is 2. The van der Waals surface area contributed by atoms with Crippen molar-refractivity contribution in [2.45, 2.75) is 91.5 Å². The Hall–Kier alpha value is -2.76. The van der Waals surface area contributed by atoms with Gasteiger partial charge in [0.25, 0.3) is 0 Å². The van der Waals surface area contributed by atoms with Gasteiger partial charge in [-0.05, 0) is 86.0 Å². The Morgan fingerprint density at radius 3 is 2.11 bits per heavy atom. The van der Waals surface area contributed by atoms with Crippen LogP contribution in [0.3, 0.4) is 0 Å². The minimum absolute atomic E-state index is 0.0754. The van der Waals surface area contributed by atoms with E-state index in [-0.39, 0.29) is 36.5 Å². The molecule has 5 nitrogen and oxygen atoms in total. The zero-order chi connectivity index (χ0) is 28.1. The van der Waals surface area contributed by atoms with Crippen LogP contribution in [0, 0.1) is 16.7 Å². The molecule has 2 heterocycles. The number of fused-ring (bicyclic) bond motifs is 1. The van der Waals surface area contributed by atoms with Gasteiger partial charge in [-0.25, -0.2) is 0 Å². The molecule has 0 amide bonds. The van der Waals surface area contributed by atoms with Crippen molar-refractivity contribution in [3.05, 3.63) is 76.9 Å². The number of carbonyl (C=O) groups is 2. The van der Waals surface area contributed by atoms with E-state index >= 15 is 0 Å². The summed E-state index contributed by atoms with van der Waals surface area (Å²) < 4.78 is 6.65. The molecule has 1 aromatic carbocycles. The molecule has 0 spiro atoms. The van der Waals surface area contributed by atoms with Crippen molar-refractivity contribution >= 4 is 17.3 Å². The number of hydrogen-bond acceptors (Lipinski definition) is 5. The average Bonchev–Trinajstić information content (AvgIpc) is 3.08. The fourth-order valence-electron chi connectivity index (χ4n) is 6.97. The monoisotopic (exact) mass is 518 g/mol. The number of aliphatic hydroxyl groups excluding tert-OH is 1. The van der Waals surface area contributed by atoms with E-state index in [1.54, 1.807) is 24.3 Å². The van der Waals surface area contributed by atoms with Gasteiger partial charge in [0.15, 0.2) is 17.4 Å². The predicted octanol–water partition coefficient (Wildman–Crippen LogP) is 7.04. The van der Waals surface area contributed by atoms with E-state index in [9.17, 15) is 19.8 Å². The predicted molar refractivity (Wildman–Crippen MR) is 150 cm³/mol. The number of ether oxygens (including phenoxy) is 1. The average molecular weight is 519 g/mol. The van der Waals surface area contributed by atoms with Crippen LogP contribution in [0.15, 0.2) is 71.4 Å². The Morgan fingerprint density at radius 2 is 1.55 bits per heavy atom. The molecule has 38 heavy (non-hydrogen) atoms. The maximum Gasteiger partial charge on any atom is 0.193 e. The fraction of sp³-hybridized carbons (Fsp3) is 0.515. The molecule has 1 aromatic rings. The van der Waals surface area contributed by atoms with Crippen LogP contribution in [-0.4, -0.2) is 33.2 Å². The highest BCUT2D eigenvalue weighted by atomic mass is 16.7. The summed E-state index contributed by atoms with van der Waals surface area (Å²) >= 11 is 0. The summed E-state index contributed by atoms with van der Waals surface area (Å²) in [5, 5.41) is 24.1. The minimum atomic E-state index is -2.00. The second kappa shape index (κ2) is 9.77. The first-order valence-electron chi connectivity index (χ1n) is 13.6. The lowest BCUT2D eigenvalue weighted by Crippen LogP contribution is -2.70. The van der Waals surface area contributed by atoms with Crippen LogP contribution in [0.25, 0.3) is 5.76 Å². The quantitative estimate of drug-likeness (QED) is 0.167. The molecule has 2 N–H and O–H groups in total. The number of ketones is 2. The van der Waals surface area contributed by atoms with Crippen LogP contribution in [0.1, 0.15) is 85.6 Å². The Morgan fingerprint density at radius 1 is 1.00 bits per heavy atom. The lowest BCUT2D eigenvalue weighted by atomic mass is 9.51. The summed E-state index contributed by atoms with van der Waals surface area (Å²) in [5.74, 6) is -3.45. The van der Waals surface area contributed by atoms with Crippen molar-refractivity contribution in [3.63, 3.8) is 0 Å². The number of rotatable bonds is 8. The number of benzene rings is 1. The van der Waals surface area contributed by atoms with Gasteiger partial charge < -0.3 is 14.9 Å². The molecule has 5 atom stereocenters. The van der Waals surface area contributed by atoms with Crippen LogP contribution in [-0.2, 0) is 14.3 Å². The van der Waals surface area contributed by atoms with Gasteiger partial charge in [0.1, 0.15) is 11.3 Å². The third kappa shape index (κ3) is 4.15. The van der Waals surface area contributed by atoms with E-state index in [0.717, 1.165) is 29.6 Å². The molecule has 2 aliphatic heterocycles. The van der Waals surface area contributed by atoms with Crippen molar-refractivity contribution in [1.29, 1.82) is 0 Å². The lowest BCUT2D eigenvalue weighted by Gasteiger charge is -2.58. The van der Waals surface area contributed by atoms with Crippen molar-refractivity contribution in [3.8, 4) is 0 Å². The normalized spacial score (nSPS) is 35.1. The molecule has 204 valence electrons. The molecule has 0 aromatic heterocycles. The van der Waals surface area contributed by atoms with Crippen molar-refractivity contribution in [1.82, 2.24) is 0 Å². The van der Waals surface area contributed by atoms with E-state index in [4.69, 9.17) is 4.74 Å². The number of carbonyl (C=O) groups excluding carboxylic acids is 2. The fourth-order valence-corrected chi connectivity index (χ4v) is 6.97. The molecule has 4 rings (SSSR count). The smallest absolute Gasteiger partial charge is 0.193 e. The number of allylic oxidation sites excluding steroid dienone is 6. The molecule has 0 unspecified atom stereocenters. The van der Waals surface area contributed by atoms with Gasteiger partial charge in [0.2, 0.25) is 0 Å². The molecule has 2 saturated heterocycles. The standard InChI is InChI=1S/C33H42O5/c1-21(2)13-14-25-19-31(17-15-22(3)4)28(35)26(27(34)24-11-9-8-10-12-24)29(36)32(18-16-23(5)6)20-30(25,7)38-33(31,32)37/h8-12,15-16,25,34,37H,1,13-14,17-20H2,2-7H3/b27-26-/t25-,30-,31-,32+,33-/m1/s1. The second-order valence-corrected chi connectivity index (χ2v) is 12.5. The van der Waals surface area contributed by atoms with Crippen LogP contribution in [0.4, 0.5) is 0 Å². The van der Waals surface area contributed by atoms with Crippen LogP contribution in [0.5, 0.6) is 0 Å². The van der Waals surface area contributed by atoms with E-state index in [1.807, 2.05) is 59.8 Å². The van der Waals surface area contributed by atoms with Crippen LogP contribution in [0.2, 0.25) is 0 Å². The SMILES string of the molecule is C=C(C)CC[C@@H]1C[C@]2(CC=C(C)C)C(=O)/C(=C(/O)c3ccccc3)C(=O)[C@]3(CC=C(C)C)C[C@@]1(C)O[C@@]32O. The number of hydrogen-bond donors (Lipinski definition) is 2. The first-order valence-corrected chi connectivity index (χ1v) is 13.6. The highest BCUT2D eigenvalue weighted by Crippen LogP contribution is 2.72. The summed E-state index contributed by atoms with van der Waals surface area (Å²) in [6.45, 7) is 15.8. The molecule has 3 aliphatic rings. The van der Waals surface area contributed by atoms with Crippen molar-refractivity contribution in [2.75, 3.05) is 0 Å². The first kappa shape index (κ1) is 28.3. The van der Waals surface area contributed by atoms with Gasteiger partial charge in [-0.2, -0.15) is 0 Å². The Bertz CT molecular complexity index is 1250. The zero-order valence-corrected chi connectivity index (χ0v) is 23.7. The maximum atomic E-state index is 14.6. The van der Waals surface area contributed by atoms with E-state index in [1.165, 1.54) is 0 Å². The van der Waals surface area contributed by atoms with Gasteiger partial charge in [0.05, 0.1) is 16.4 Å². The molecule has 3 fully saturated rings. The third-order valence-corrected chi connectivity index (χ3v) is 9.03. The Labute approximate surface area is 227 Å². The topological polar surface area (TPSA) is 83.8 Å². The van der Waals surface area contributed by atoms with Crippen LogP contribution >= 0.6 is 0 Å². The third-order valence-electron chi connectivity index (χ3n) is 9.03. The summed E-state index contributed by atoms with van der Waals surface area (Å²) in [6.07, 6.45) is 6.49. The highest BCUT2D eigenvalue weighted by molar-refractivity contribution is 6.30. The van der Waals surface area contributed by atoms with Gasteiger partial charge in [-0.15, -0.1) is 6.58 Å². The van der Waals surface area contributed by atoms with E-state index in [2.05, 4.69) is 6.58 Å². The summed E-state index contributed by atoms with van der Waals surface area (Å²) in [7, 11) is 0. The molecular formula is C33H42O5. The maximum absolute atomic E-state index is 14.6. The molecule has 2 bridgehead atoms. The van der Waals surface area contributed by atoms with Gasteiger partial charge in [0, 0.05) is 5.56 Å². The summed E-state index contributed by atoms with van der Waals surface area (Å²) in [4.78, 5) is 29.2. The van der Waals surface area contributed by atoms with Crippen molar-refractivity contribution < 1.29 is 24.5 Å². The highest BCUT2D eigenvalue weighted by Gasteiger charge is 2.82. The van der Waals surface area contributed by atoms with Gasteiger partial charge in [-0.1, -0.05) is 59.2 Å². The molecule has 0 radical (unpaired) electrons. The molecular weight excluding hydrogens is 476 g/mol. The van der Waals surface area contributed by atoms with Gasteiger partial charge in [-0.3, -0.25) is 9.59 Å². The zero-order valence-electron chi connectivity index (χ0n) is 23.7. The summed E-state index contributed by atoms with van der Waals surface area (Å²) in [6, 6.07) is 8.72. The second-order valence-electron chi connectivity index (χ2n) is 12.5. The lowest BCUT2D eigenvalue weighted by molar-refractivity contribution is -0.339. The molecule has 1 saturated carbocycles. The number of Topliss-reactive ketones (excluding diaryl/α,β-unsaturated/α-hetero) is 2. The first-order chi connectivity index (χ1) is 17.7.